The third-order valence-corrected chi connectivity index (χ3v) is 0. The predicted molar refractivity (Wildman–Crippen MR) is 27.7 cm³/mol. The Labute approximate surface area is 39.1 Å². The van der Waals surface area contributed by atoms with Gasteiger partial charge >= 0.3 is 0 Å². The molecule has 0 saturated heterocycles. The lowest BCUT2D eigenvalue weighted by molar-refractivity contribution is 2.20. The van der Waals surface area contributed by atoms with E-state index in [1.54, 1.807) is 0 Å². The molecule has 1 atom stereocenters. The lowest BCUT2D eigenvalue weighted by Gasteiger charge is -1.42. The van der Waals surface area contributed by atoms with Gasteiger partial charge in [-0.15, -0.1) is 23.2 Å². The number of halogens is 2. The highest BCUT2D eigenvalue weighted by Crippen LogP contribution is 1.73. The average Bonchev–Trinajstić information content (AvgIpc) is 0.918. The van der Waals surface area contributed by atoms with Gasteiger partial charge in [0.2, 0.25) is 0 Å². The number of hydrogen-bond acceptors (Lipinski definition) is 0. The minimum absolute atomic E-state index is 0. The lowest BCUT2D eigenvalue weighted by atomic mass is 11.9. The van der Waals surface area contributed by atoms with E-state index in [-0.39, 0.29) is 15.2 Å². The molecule has 0 aliphatic rings. The fourth-order valence-corrected chi connectivity index (χ4v) is 0. The second-order valence-corrected chi connectivity index (χ2v) is 0.909. The van der Waals surface area contributed by atoms with E-state index in [1.165, 1.54) is 0 Å². The smallest absolute Gasteiger partial charge is 0.0967 e. The van der Waals surface area contributed by atoms with E-state index in [9.17, 15) is 0 Å². The van der Waals surface area contributed by atoms with Crippen LogP contribution in [0.3, 0.4) is 0 Å². The van der Waals surface area contributed by atoms with Crippen LogP contribution in [0.2, 0.25) is 0 Å². The zero-order valence-electron chi connectivity index (χ0n) is 2.17. The van der Waals surface area contributed by atoms with Crippen molar-refractivity contribution in [2.45, 2.75) is 0 Å². The lowest BCUT2D eigenvalue weighted by Crippen LogP contribution is -1.24. The molecule has 0 aliphatic heterocycles. The summed E-state index contributed by atoms with van der Waals surface area (Å²) in [6, 6.07) is 0. The van der Waals surface area contributed by atoms with Gasteiger partial charge in [-0.3, -0.25) is 0 Å². The van der Waals surface area contributed by atoms with Crippen molar-refractivity contribution in [3.63, 3.8) is 0 Å². The van der Waals surface area contributed by atoms with Crippen LogP contribution in [0.15, 0.2) is 0 Å². The first-order chi connectivity index (χ1) is 1.41. The third kappa shape index (κ3) is 11.9. The Morgan fingerprint density at radius 2 is 1.25 bits per heavy atom. The normalized spacial score (nSPS) is 4.50. The van der Waals surface area contributed by atoms with Crippen molar-refractivity contribution in [3.8, 4) is 0 Å². The number of hydrogen-bond donors (Lipinski definition) is 0. The summed E-state index contributed by atoms with van der Waals surface area (Å²) in [4.78, 5) is 0. The molecule has 0 heterocycles. The molecule has 28 valence electrons. The Morgan fingerprint density at radius 1 is 1.25 bits per heavy atom. The van der Waals surface area contributed by atoms with Gasteiger partial charge in [0.15, 0.2) is 0 Å². The van der Waals surface area contributed by atoms with Gasteiger partial charge in [-0.25, -0.2) is 0 Å². The Hall–Kier alpha value is 1.01. The molecule has 0 rings (SSSR count). The van der Waals surface area contributed by atoms with Gasteiger partial charge in [0.05, 0.1) is 5.34 Å². The highest BCUT2D eigenvalue weighted by Gasteiger charge is 1.41. The molecule has 0 amide bonds. The summed E-state index contributed by atoms with van der Waals surface area (Å²) in [5, 5.41) is 0.194. The SMILES string of the molecule is ClCCl.P. The van der Waals surface area contributed by atoms with Crippen LogP contribution in [0.25, 0.3) is 0 Å². The molecule has 0 nitrogen and oxygen atoms in total. The summed E-state index contributed by atoms with van der Waals surface area (Å²) in [6.07, 6.45) is 0. The first-order valence-corrected chi connectivity index (χ1v) is 1.60. The van der Waals surface area contributed by atoms with Crippen molar-refractivity contribution < 1.29 is 0 Å². The first kappa shape index (κ1) is 8.89. The molecular weight excluding hydrogens is 114 g/mol. The third-order valence-electron chi connectivity index (χ3n) is 0. The fraction of sp³-hybridized carbons (Fsp3) is 1.00. The van der Waals surface area contributed by atoms with Crippen LogP contribution in [0.5, 0.6) is 0 Å². The molecule has 0 radical (unpaired) electrons. The van der Waals surface area contributed by atoms with Crippen LogP contribution in [0.1, 0.15) is 0 Å². The highest BCUT2D eigenvalue weighted by molar-refractivity contribution is 6.92. The Balaban J connectivity index is 0. The van der Waals surface area contributed by atoms with Crippen LogP contribution in [0, 0.1) is 0 Å². The monoisotopic (exact) mass is 118 g/mol. The summed E-state index contributed by atoms with van der Waals surface area (Å²) < 4.78 is 0. The maximum Gasteiger partial charge on any atom is 0.0967 e. The molecule has 4 heavy (non-hydrogen) atoms. The topological polar surface area (TPSA) is 0 Å². The molecule has 0 bridgehead atoms. The number of rotatable bonds is 0. The highest BCUT2D eigenvalue weighted by atomic mass is 35.5. The van der Waals surface area contributed by atoms with E-state index in [4.69, 9.17) is 23.2 Å². The van der Waals surface area contributed by atoms with E-state index in [0.717, 1.165) is 0 Å². The minimum Gasteiger partial charge on any atom is -0.153 e. The van der Waals surface area contributed by atoms with Crippen LogP contribution in [0.4, 0.5) is 0 Å². The predicted octanol–water partition coefficient (Wildman–Crippen LogP) is 1.48. The zero-order valence-corrected chi connectivity index (χ0v) is 5.10. The summed E-state index contributed by atoms with van der Waals surface area (Å²) >= 11 is 9.53. The second-order valence-electron chi connectivity index (χ2n) is 0.101. The van der Waals surface area contributed by atoms with Crippen molar-refractivity contribution in [2.24, 2.45) is 0 Å². The molecule has 0 spiro atoms. The zero-order chi connectivity index (χ0) is 2.71. The Morgan fingerprint density at radius 3 is 1.25 bits per heavy atom. The van der Waals surface area contributed by atoms with Crippen molar-refractivity contribution in [3.05, 3.63) is 0 Å². The van der Waals surface area contributed by atoms with Gasteiger partial charge in [-0.2, -0.15) is 9.90 Å². The van der Waals surface area contributed by atoms with Crippen molar-refractivity contribution in [2.75, 3.05) is 5.34 Å². The quantitative estimate of drug-likeness (QED) is 0.334. The van der Waals surface area contributed by atoms with Crippen LogP contribution < -0.4 is 0 Å². The van der Waals surface area contributed by atoms with Crippen LogP contribution in [-0.2, 0) is 0 Å². The van der Waals surface area contributed by atoms with Crippen LogP contribution >= 0.6 is 33.1 Å². The molecule has 3 heteroatoms. The molecule has 0 fully saturated rings. The molecule has 0 aromatic heterocycles. The van der Waals surface area contributed by atoms with E-state index >= 15 is 0 Å². The number of alkyl halides is 2. The van der Waals surface area contributed by atoms with Crippen LogP contribution in [-0.4, -0.2) is 5.34 Å². The molecule has 0 aromatic rings. The van der Waals surface area contributed by atoms with Crippen molar-refractivity contribution in [1.82, 2.24) is 0 Å². The van der Waals surface area contributed by atoms with Gasteiger partial charge in [-0.05, 0) is 0 Å². The molecular formula is CH5Cl2P. The summed E-state index contributed by atoms with van der Waals surface area (Å²) in [5.41, 5.74) is 0. The Bertz CT molecular complexity index is 6.00. The summed E-state index contributed by atoms with van der Waals surface area (Å²) in [7, 11) is 0. The second kappa shape index (κ2) is 8.99. The summed E-state index contributed by atoms with van der Waals surface area (Å²) in [5.74, 6) is 0. The van der Waals surface area contributed by atoms with Crippen molar-refractivity contribution in [1.29, 1.82) is 0 Å². The van der Waals surface area contributed by atoms with Gasteiger partial charge in [0.1, 0.15) is 0 Å². The van der Waals surface area contributed by atoms with E-state index in [2.05, 4.69) is 0 Å². The average molecular weight is 119 g/mol. The van der Waals surface area contributed by atoms with Gasteiger partial charge in [-0.1, -0.05) is 0 Å². The van der Waals surface area contributed by atoms with E-state index in [0.29, 0.717) is 0 Å². The van der Waals surface area contributed by atoms with E-state index in [1.807, 2.05) is 0 Å². The fourth-order valence-electron chi connectivity index (χ4n) is 0. The maximum atomic E-state index is 4.76. The molecule has 0 aromatic carbocycles. The van der Waals surface area contributed by atoms with Gasteiger partial charge in [0, 0.05) is 0 Å². The Kier molecular flexibility index (Phi) is 20.0. The minimum atomic E-state index is 0. The van der Waals surface area contributed by atoms with Gasteiger partial charge in [0.25, 0.3) is 0 Å². The van der Waals surface area contributed by atoms with Gasteiger partial charge < -0.3 is 0 Å². The summed E-state index contributed by atoms with van der Waals surface area (Å²) in [6.45, 7) is 0. The van der Waals surface area contributed by atoms with Crippen molar-refractivity contribution >= 4 is 33.1 Å². The maximum absolute atomic E-state index is 4.76. The molecule has 0 saturated carbocycles. The standard InChI is InChI=1S/CH2Cl2.H3P/c2-1-3;/h1H2;1H3. The molecule has 0 aliphatic carbocycles. The van der Waals surface area contributed by atoms with E-state index < -0.39 is 0 Å². The molecule has 0 N–H and O–H groups in total. The first-order valence-electron chi connectivity index (χ1n) is 0.535. The molecule has 1 unspecified atom stereocenters. The largest absolute Gasteiger partial charge is 0.153 e.